The van der Waals surface area contributed by atoms with Gasteiger partial charge in [0, 0.05) is 27.7 Å². The van der Waals surface area contributed by atoms with Gasteiger partial charge >= 0.3 is 0 Å². The molecule has 2 aromatic carbocycles. The number of allylic oxidation sites excluding steroid dienone is 2. The molecule has 0 spiro atoms. The number of halogens is 1. The fourth-order valence-corrected chi connectivity index (χ4v) is 4.47. The summed E-state index contributed by atoms with van der Waals surface area (Å²) in [7, 11) is 0. The average Bonchev–Trinajstić information content (AvgIpc) is 2.73. The summed E-state index contributed by atoms with van der Waals surface area (Å²) < 4.78 is 0. The molecule has 3 rings (SSSR count). The second kappa shape index (κ2) is 9.71. The van der Waals surface area contributed by atoms with Crippen molar-refractivity contribution in [1.29, 1.82) is 5.26 Å². The molecule has 0 fully saturated rings. The Morgan fingerprint density at radius 2 is 1.97 bits per heavy atom. The molecule has 0 saturated heterocycles. The molecule has 0 bridgehead atoms. The largest absolute Gasteiger partial charge is 0.353 e. The number of carbonyl (C=O) groups is 1. The van der Waals surface area contributed by atoms with Crippen molar-refractivity contribution in [3.63, 3.8) is 0 Å². The minimum absolute atomic E-state index is 0.264. The number of para-hydroxylation sites is 1. The maximum absolute atomic E-state index is 13.4. The molecule has 2 aromatic rings. The van der Waals surface area contributed by atoms with Gasteiger partial charge < -0.3 is 10.6 Å². The average molecular weight is 436 g/mol. The first-order chi connectivity index (χ1) is 14.5. The van der Waals surface area contributed by atoms with Crippen molar-refractivity contribution in [3.05, 3.63) is 99.2 Å². The van der Waals surface area contributed by atoms with Gasteiger partial charge in [0.25, 0.3) is 5.91 Å². The lowest BCUT2D eigenvalue weighted by Gasteiger charge is -2.30. The van der Waals surface area contributed by atoms with Gasteiger partial charge in [0.1, 0.15) is 0 Å². The number of thioether (sulfide) groups is 1. The molecular formula is C24H22ClN3OS. The maximum atomic E-state index is 13.4. The number of nitriles is 1. The first-order valence-electron chi connectivity index (χ1n) is 9.45. The number of benzene rings is 2. The highest BCUT2D eigenvalue weighted by Crippen LogP contribution is 2.43. The van der Waals surface area contributed by atoms with Gasteiger partial charge in [-0.05, 0) is 37.1 Å². The van der Waals surface area contributed by atoms with Crippen LogP contribution in [0.5, 0.6) is 0 Å². The summed E-state index contributed by atoms with van der Waals surface area (Å²) in [5.41, 5.74) is 4.05. The molecule has 152 valence electrons. The quantitative estimate of drug-likeness (QED) is 0.554. The van der Waals surface area contributed by atoms with Gasteiger partial charge in [-0.2, -0.15) is 5.26 Å². The van der Waals surface area contributed by atoms with Gasteiger partial charge in [-0.3, -0.25) is 4.79 Å². The molecule has 0 saturated carbocycles. The number of nitrogens with zero attached hydrogens (tertiary/aromatic N) is 1. The first-order valence-corrected chi connectivity index (χ1v) is 10.8. The van der Waals surface area contributed by atoms with E-state index in [1.54, 1.807) is 12.1 Å². The van der Waals surface area contributed by atoms with Crippen molar-refractivity contribution >= 4 is 35.0 Å². The van der Waals surface area contributed by atoms with Crippen molar-refractivity contribution in [2.45, 2.75) is 19.8 Å². The van der Waals surface area contributed by atoms with Gasteiger partial charge in [-0.1, -0.05) is 54.1 Å². The van der Waals surface area contributed by atoms with E-state index in [0.717, 1.165) is 16.8 Å². The zero-order valence-corrected chi connectivity index (χ0v) is 18.4. The van der Waals surface area contributed by atoms with E-state index < -0.39 is 5.92 Å². The Balaban J connectivity index is 2.11. The Labute approximate surface area is 186 Å². The fourth-order valence-electron chi connectivity index (χ4n) is 3.39. The molecule has 1 aliphatic heterocycles. The number of amides is 1. The normalized spacial score (nSPS) is 16.0. The SMILES string of the molecule is C=CCSC1=C(C#N)[C@@H](c2ccccc2Cl)C(C(=O)Nc2ccccc2C)=C(C)N1. The van der Waals surface area contributed by atoms with Crippen LogP contribution < -0.4 is 10.6 Å². The third-order valence-electron chi connectivity index (χ3n) is 4.85. The van der Waals surface area contributed by atoms with Gasteiger partial charge in [0.15, 0.2) is 0 Å². The van der Waals surface area contributed by atoms with Crippen LogP contribution in [-0.2, 0) is 4.79 Å². The van der Waals surface area contributed by atoms with Crippen molar-refractivity contribution in [2.24, 2.45) is 0 Å². The minimum atomic E-state index is -0.568. The number of anilines is 1. The van der Waals surface area contributed by atoms with E-state index in [1.807, 2.05) is 56.3 Å². The van der Waals surface area contributed by atoms with Gasteiger partial charge in [0.05, 0.1) is 22.6 Å². The lowest BCUT2D eigenvalue weighted by molar-refractivity contribution is -0.113. The summed E-state index contributed by atoms with van der Waals surface area (Å²) >= 11 is 7.98. The van der Waals surface area contributed by atoms with Crippen molar-refractivity contribution in [1.82, 2.24) is 5.32 Å². The summed E-state index contributed by atoms with van der Waals surface area (Å²) in [6.45, 7) is 7.54. The Bertz CT molecular complexity index is 1100. The van der Waals surface area contributed by atoms with Gasteiger partial charge in [-0.15, -0.1) is 18.3 Å². The van der Waals surface area contributed by atoms with Crippen LogP contribution in [0.3, 0.4) is 0 Å². The number of carbonyl (C=O) groups excluding carboxylic acids is 1. The molecule has 0 aliphatic carbocycles. The molecule has 30 heavy (non-hydrogen) atoms. The zero-order chi connectivity index (χ0) is 21.7. The van der Waals surface area contributed by atoms with Crippen LogP contribution in [0.1, 0.15) is 24.0 Å². The number of hydrogen-bond acceptors (Lipinski definition) is 4. The van der Waals surface area contributed by atoms with Crippen LogP contribution in [0.4, 0.5) is 5.69 Å². The standard InChI is InChI=1S/C24H22ClN3OS/c1-4-13-30-24-18(14-26)22(17-10-6-7-11-19(17)25)21(16(3)27-24)23(29)28-20-12-8-5-9-15(20)2/h4-12,22,27H,1,13H2,2-3H3,(H,28,29)/t22-/m1/s1. The molecule has 4 nitrogen and oxygen atoms in total. The van der Waals surface area contributed by atoms with Gasteiger partial charge in [-0.25, -0.2) is 0 Å². The predicted octanol–water partition coefficient (Wildman–Crippen LogP) is 5.90. The Hall–Kier alpha value is -2.94. The molecule has 6 heteroatoms. The molecule has 0 unspecified atom stereocenters. The third kappa shape index (κ3) is 4.46. The van der Waals surface area contributed by atoms with Crippen molar-refractivity contribution < 1.29 is 4.79 Å². The van der Waals surface area contributed by atoms with Crippen LogP contribution in [0, 0.1) is 18.3 Å². The van der Waals surface area contributed by atoms with Crippen LogP contribution in [0.15, 0.2) is 83.1 Å². The van der Waals surface area contributed by atoms with Crippen LogP contribution in [0.25, 0.3) is 0 Å². The Morgan fingerprint density at radius 3 is 2.63 bits per heavy atom. The van der Waals surface area contributed by atoms with E-state index in [9.17, 15) is 10.1 Å². The Kier molecular flexibility index (Phi) is 7.04. The van der Waals surface area contributed by atoms with E-state index in [0.29, 0.717) is 32.6 Å². The van der Waals surface area contributed by atoms with Gasteiger partial charge in [0.2, 0.25) is 0 Å². The summed E-state index contributed by atoms with van der Waals surface area (Å²) in [4.78, 5) is 13.4. The molecule has 2 N–H and O–H groups in total. The van der Waals surface area contributed by atoms with E-state index in [1.165, 1.54) is 11.8 Å². The minimum Gasteiger partial charge on any atom is -0.353 e. The zero-order valence-electron chi connectivity index (χ0n) is 16.8. The second-order valence-corrected chi connectivity index (χ2v) is 8.28. The molecule has 0 radical (unpaired) electrons. The monoisotopic (exact) mass is 435 g/mol. The molecule has 0 aromatic heterocycles. The smallest absolute Gasteiger partial charge is 0.254 e. The highest BCUT2D eigenvalue weighted by atomic mass is 35.5. The van der Waals surface area contributed by atoms with Crippen molar-refractivity contribution in [2.75, 3.05) is 11.1 Å². The number of nitrogens with one attached hydrogen (secondary N) is 2. The lowest BCUT2D eigenvalue weighted by atomic mass is 9.82. The van der Waals surface area contributed by atoms with E-state index >= 15 is 0 Å². The number of rotatable bonds is 6. The fraction of sp³-hybridized carbons (Fsp3) is 0.167. The maximum Gasteiger partial charge on any atom is 0.254 e. The second-order valence-electron chi connectivity index (χ2n) is 6.84. The van der Waals surface area contributed by atoms with E-state index in [4.69, 9.17) is 11.6 Å². The topological polar surface area (TPSA) is 64.9 Å². The Morgan fingerprint density at radius 1 is 1.27 bits per heavy atom. The van der Waals surface area contributed by atoms with Crippen LogP contribution in [-0.4, -0.2) is 11.7 Å². The highest BCUT2D eigenvalue weighted by Gasteiger charge is 2.35. The predicted molar refractivity (Wildman–Crippen MR) is 125 cm³/mol. The van der Waals surface area contributed by atoms with Crippen LogP contribution in [0.2, 0.25) is 5.02 Å². The number of aryl methyl sites for hydroxylation is 1. The number of dihydropyridines is 1. The summed E-state index contributed by atoms with van der Waals surface area (Å²) in [5, 5.41) is 17.5. The summed E-state index contributed by atoms with van der Waals surface area (Å²) in [6, 6.07) is 17.2. The molecule has 1 amide bonds. The summed E-state index contributed by atoms with van der Waals surface area (Å²) in [6.07, 6.45) is 1.78. The first kappa shape index (κ1) is 21.8. The molecule has 1 aliphatic rings. The number of hydrogen-bond donors (Lipinski definition) is 2. The van der Waals surface area contributed by atoms with Crippen molar-refractivity contribution in [3.8, 4) is 6.07 Å². The third-order valence-corrected chi connectivity index (χ3v) is 6.20. The summed E-state index contributed by atoms with van der Waals surface area (Å²) in [5.74, 6) is -0.193. The highest BCUT2D eigenvalue weighted by molar-refractivity contribution is 8.03. The van der Waals surface area contributed by atoms with E-state index in [-0.39, 0.29) is 5.91 Å². The van der Waals surface area contributed by atoms with E-state index in [2.05, 4.69) is 23.3 Å². The van der Waals surface area contributed by atoms with Crippen LogP contribution >= 0.6 is 23.4 Å². The molecule has 1 heterocycles. The molecular weight excluding hydrogens is 414 g/mol. The molecule has 1 atom stereocenters. The lowest BCUT2D eigenvalue weighted by Crippen LogP contribution is -2.31.